The van der Waals surface area contributed by atoms with E-state index in [1.54, 1.807) is 12.1 Å². The summed E-state index contributed by atoms with van der Waals surface area (Å²) < 4.78 is 63.4. The maximum absolute atomic E-state index is 13.1. The number of para-hydroxylation sites is 1. The third-order valence-electron chi connectivity index (χ3n) is 4.84. The summed E-state index contributed by atoms with van der Waals surface area (Å²) in [5, 5.41) is 2.71. The number of nitrogens with one attached hydrogen (secondary N) is 1. The highest BCUT2D eigenvalue weighted by atomic mass is 35.5. The lowest BCUT2D eigenvalue weighted by Gasteiger charge is -2.27. The predicted octanol–water partition coefficient (Wildman–Crippen LogP) is 1.77. The monoisotopic (exact) mass is 517 g/mol. The Balaban J connectivity index is 1.86. The maximum Gasteiger partial charge on any atom is 0.246 e. The van der Waals surface area contributed by atoms with Gasteiger partial charge in [-0.05, 0) is 30.3 Å². The Kier molecular flexibility index (Phi) is 7.85. The minimum absolute atomic E-state index is 0.115. The van der Waals surface area contributed by atoms with Crippen LogP contribution in [0.5, 0.6) is 5.75 Å². The van der Waals surface area contributed by atoms with Gasteiger partial charge in [-0.25, -0.2) is 16.8 Å². The molecule has 0 spiro atoms. The van der Waals surface area contributed by atoms with Crippen LogP contribution >= 0.6 is 11.6 Å². The average Bonchev–Trinajstić information content (AvgIpc) is 2.78. The van der Waals surface area contributed by atoms with Gasteiger partial charge in [0.2, 0.25) is 26.0 Å². The summed E-state index contributed by atoms with van der Waals surface area (Å²) in [5.41, 5.74) is 0.322. The molecule has 0 radical (unpaired) electrons. The fourth-order valence-electron chi connectivity index (χ4n) is 3.25. The Hall–Kier alpha value is -2.38. The molecule has 0 atom stereocenters. The second-order valence-corrected chi connectivity index (χ2v) is 11.4. The van der Waals surface area contributed by atoms with Gasteiger partial charge in [-0.1, -0.05) is 23.7 Å². The van der Waals surface area contributed by atoms with Crippen molar-refractivity contribution in [2.75, 3.05) is 55.8 Å². The third kappa shape index (κ3) is 5.95. The predicted molar refractivity (Wildman–Crippen MR) is 125 cm³/mol. The number of hydrogen-bond acceptors (Lipinski definition) is 7. The summed E-state index contributed by atoms with van der Waals surface area (Å²) in [6.07, 6.45) is 0.962. The number of hydrogen-bond donors (Lipinski definition) is 1. The Labute approximate surface area is 198 Å². The molecule has 180 valence electrons. The fraction of sp³-hybridized carbons (Fsp3) is 0.350. The first-order valence-electron chi connectivity index (χ1n) is 9.82. The van der Waals surface area contributed by atoms with Crippen molar-refractivity contribution >= 4 is 48.9 Å². The topological polar surface area (TPSA) is 122 Å². The molecule has 0 aromatic heterocycles. The van der Waals surface area contributed by atoms with Gasteiger partial charge in [0.25, 0.3) is 0 Å². The van der Waals surface area contributed by atoms with Crippen LogP contribution in [0.4, 0.5) is 11.4 Å². The van der Waals surface area contributed by atoms with Gasteiger partial charge in [0.15, 0.2) is 0 Å². The second-order valence-electron chi connectivity index (χ2n) is 7.15. The maximum atomic E-state index is 13.1. The van der Waals surface area contributed by atoms with Gasteiger partial charge in [0.1, 0.15) is 17.2 Å². The molecule has 1 N–H and O–H groups in total. The van der Waals surface area contributed by atoms with Crippen molar-refractivity contribution in [3.05, 3.63) is 47.5 Å². The zero-order valence-electron chi connectivity index (χ0n) is 18.0. The molecule has 0 aliphatic carbocycles. The molecule has 13 heteroatoms. The van der Waals surface area contributed by atoms with E-state index in [1.165, 1.54) is 41.7 Å². The number of rotatable bonds is 8. The minimum atomic E-state index is -3.90. The van der Waals surface area contributed by atoms with Crippen molar-refractivity contribution in [2.24, 2.45) is 0 Å². The summed E-state index contributed by atoms with van der Waals surface area (Å²) in [6, 6.07) is 10.4. The van der Waals surface area contributed by atoms with Crippen LogP contribution in [0.15, 0.2) is 47.4 Å². The first-order chi connectivity index (χ1) is 15.5. The van der Waals surface area contributed by atoms with E-state index in [0.29, 0.717) is 0 Å². The van der Waals surface area contributed by atoms with Crippen molar-refractivity contribution in [3.63, 3.8) is 0 Å². The normalized spacial score (nSPS) is 15.1. The van der Waals surface area contributed by atoms with Crippen LogP contribution in [0.25, 0.3) is 0 Å². The molecule has 1 amide bonds. The first kappa shape index (κ1) is 25.2. The lowest BCUT2D eigenvalue weighted by Crippen LogP contribution is -2.40. The van der Waals surface area contributed by atoms with E-state index in [0.717, 1.165) is 10.6 Å². The highest BCUT2D eigenvalue weighted by Crippen LogP contribution is 2.31. The van der Waals surface area contributed by atoms with Gasteiger partial charge >= 0.3 is 0 Å². The van der Waals surface area contributed by atoms with Gasteiger partial charge in [-0.15, -0.1) is 0 Å². The number of benzene rings is 2. The molecule has 1 aliphatic heterocycles. The second kappa shape index (κ2) is 10.3. The number of carbonyl (C=O) groups is 1. The van der Waals surface area contributed by atoms with Gasteiger partial charge in [-0.2, -0.15) is 4.31 Å². The Morgan fingerprint density at radius 3 is 2.42 bits per heavy atom. The molecule has 2 aromatic rings. The Morgan fingerprint density at radius 2 is 1.82 bits per heavy atom. The van der Waals surface area contributed by atoms with E-state index >= 15 is 0 Å². The molecule has 33 heavy (non-hydrogen) atoms. The third-order valence-corrected chi connectivity index (χ3v) is 8.21. The molecule has 3 rings (SSSR count). The van der Waals surface area contributed by atoms with Crippen LogP contribution in [0, 0.1) is 0 Å². The van der Waals surface area contributed by atoms with Gasteiger partial charge in [0, 0.05) is 18.8 Å². The smallest absolute Gasteiger partial charge is 0.246 e. The van der Waals surface area contributed by atoms with Crippen molar-refractivity contribution in [1.82, 2.24) is 4.31 Å². The van der Waals surface area contributed by atoms with E-state index in [2.05, 4.69) is 5.32 Å². The van der Waals surface area contributed by atoms with Gasteiger partial charge in [0.05, 0.1) is 37.3 Å². The van der Waals surface area contributed by atoms with Crippen LogP contribution in [-0.4, -0.2) is 73.3 Å². The molecule has 1 saturated heterocycles. The van der Waals surface area contributed by atoms with Gasteiger partial charge < -0.3 is 14.8 Å². The van der Waals surface area contributed by atoms with E-state index in [-0.39, 0.29) is 53.3 Å². The largest absolute Gasteiger partial charge is 0.495 e. The van der Waals surface area contributed by atoms with Crippen LogP contribution < -0.4 is 14.4 Å². The number of ether oxygens (including phenoxy) is 2. The first-order valence-corrected chi connectivity index (χ1v) is 13.5. The van der Waals surface area contributed by atoms with E-state index < -0.39 is 32.5 Å². The molecular formula is C20H24ClN3O7S2. The molecule has 0 bridgehead atoms. The van der Waals surface area contributed by atoms with Crippen molar-refractivity contribution in [2.45, 2.75) is 4.90 Å². The molecule has 1 fully saturated rings. The zero-order valence-corrected chi connectivity index (χ0v) is 20.4. The van der Waals surface area contributed by atoms with Crippen molar-refractivity contribution in [1.29, 1.82) is 0 Å². The van der Waals surface area contributed by atoms with Crippen LogP contribution in [0.3, 0.4) is 0 Å². The Morgan fingerprint density at radius 1 is 1.15 bits per heavy atom. The molecule has 10 nitrogen and oxygen atoms in total. The van der Waals surface area contributed by atoms with Crippen molar-refractivity contribution in [3.8, 4) is 5.75 Å². The zero-order chi connectivity index (χ0) is 24.2. The summed E-state index contributed by atoms with van der Waals surface area (Å²) in [4.78, 5) is 12.6. The number of methoxy groups -OCH3 is 1. The molecule has 0 unspecified atom stereocenters. The highest BCUT2D eigenvalue weighted by molar-refractivity contribution is 7.92. The molecule has 1 heterocycles. The molecule has 1 aliphatic rings. The quantitative estimate of drug-likeness (QED) is 0.566. The average molecular weight is 518 g/mol. The van der Waals surface area contributed by atoms with E-state index in [4.69, 9.17) is 21.1 Å². The number of nitrogens with zero attached hydrogens (tertiary/aromatic N) is 2. The summed E-state index contributed by atoms with van der Waals surface area (Å²) in [7, 11) is -6.39. The van der Waals surface area contributed by atoms with Gasteiger partial charge in [-0.3, -0.25) is 9.10 Å². The highest BCUT2D eigenvalue weighted by Gasteiger charge is 2.30. The number of halogens is 1. The molecule has 2 aromatic carbocycles. The van der Waals surface area contributed by atoms with Crippen LogP contribution in [0.1, 0.15) is 0 Å². The minimum Gasteiger partial charge on any atom is -0.495 e. The number of morpholine rings is 1. The number of sulfonamides is 2. The SMILES string of the molecule is COc1ccc(NC(=O)CN(c2ccccc2Cl)S(C)(=O)=O)cc1S(=O)(=O)N1CCOCC1. The van der Waals surface area contributed by atoms with Crippen LogP contribution in [0.2, 0.25) is 5.02 Å². The molecule has 0 saturated carbocycles. The number of carbonyl (C=O) groups excluding carboxylic acids is 1. The Bertz CT molecular complexity index is 1230. The van der Waals surface area contributed by atoms with E-state index in [9.17, 15) is 21.6 Å². The number of amides is 1. The van der Waals surface area contributed by atoms with Crippen molar-refractivity contribution < 1.29 is 31.1 Å². The number of anilines is 2. The van der Waals surface area contributed by atoms with E-state index in [1.807, 2.05) is 0 Å². The standard InChI is InChI=1S/C20H24ClN3O7S2/c1-30-18-8-7-15(13-19(18)33(28,29)23-9-11-31-12-10-23)22-20(25)14-24(32(2,26)27)17-6-4-3-5-16(17)21/h3-8,13H,9-12,14H2,1-2H3,(H,22,25). The molecular weight excluding hydrogens is 494 g/mol. The van der Waals surface area contributed by atoms with Crippen LogP contribution in [-0.2, 0) is 29.6 Å². The summed E-state index contributed by atoms with van der Waals surface area (Å²) in [5.74, 6) is -0.562. The summed E-state index contributed by atoms with van der Waals surface area (Å²) >= 11 is 6.11. The fourth-order valence-corrected chi connectivity index (χ4v) is 5.99. The lowest BCUT2D eigenvalue weighted by molar-refractivity contribution is -0.114. The summed E-state index contributed by atoms with van der Waals surface area (Å²) in [6.45, 7) is 0.398. The lowest BCUT2D eigenvalue weighted by atomic mass is 10.3.